The largest absolute Gasteiger partial charge is 0.416 e. The molecule has 2 aromatic rings. The van der Waals surface area contributed by atoms with Gasteiger partial charge < -0.3 is 9.84 Å². The number of aromatic nitrogens is 1. The van der Waals surface area contributed by atoms with E-state index in [1.54, 1.807) is 19.1 Å². The van der Waals surface area contributed by atoms with Crippen molar-refractivity contribution in [2.45, 2.75) is 26.2 Å². The summed E-state index contributed by atoms with van der Waals surface area (Å²) in [6.45, 7) is 2.25. The highest BCUT2D eigenvalue weighted by Gasteiger charge is 2.32. The summed E-state index contributed by atoms with van der Waals surface area (Å²) >= 11 is 0. The fourth-order valence-corrected chi connectivity index (χ4v) is 1.78. The fraction of sp³-hybridized carbons (Fsp3) is 0.308. The minimum absolute atomic E-state index is 0.127. The van der Waals surface area contributed by atoms with Crippen LogP contribution in [0.1, 0.15) is 22.6 Å². The maximum Gasteiger partial charge on any atom is 0.416 e. The number of nitrogens with one attached hydrogen (secondary N) is 1. The lowest BCUT2D eigenvalue weighted by atomic mass is 10.1. The van der Waals surface area contributed by atoms with Gasteiger partial charge in [0.2, 0.25) is 0 Å². The second kappa shape index (κ2) is 5.44. The number of aryl methyl sites for hydroxylation is 1. The molecule has 0 fully saturated rings. The summed E-state index contributed by atoms with van der Waals surface area (Å²) in [4.78, 5) is 0. The number of rotatable bonds is 4. The Labute approximate surface area is 108 Å². The molecule has 1 heterocycles. The van der Waals surface area contributed by atoms with Crippen LogP contribution in [0.2, 0.25) is 0 Å². The van der Waals surface area contributed by atoms with Gasteiger partial charge in [-0.05, 0) is 18.6 Å². The third kappa shape index (κ3) is 3.57. The molecule has 0 saturated heterocycles. The lowest BCUT2D eigenvalue weighted by Gasteiger charge is -2.12. The lowest BCUT2D eigenvalue weighted by Crippen LogP contribution is -2.17. The van der Waals surface area contributed by atoms with Crippen molar-refractivity contribution in [3.8, 4) is 0 Å². The molecule has 0 amide bonds. The molecule has 0 bridgehead atoms. The van der Waals surface area contributed by atoms with Crippen molar-refractivity contribution in [1.29, 1.82) is 0 Å². The van der Waals surface area contributed by atoms with Gasteiger partial charge in [0.15, 0.2) is 0 Å². The Morgan fingerprint density at radius 1 is 1.21 bits per heavy atom. The molecule has 2 rings (SSSR count). The second-order valence-electron chi connectivity index (χ2n) is 4.19. The Hall–Kier alpha value is -1.82. The van der Waals surface area contributed by atoms with Crippen LogP contribution in [0.25, 0.3) is 0 Å². The summed E-state index contributed by atoms with van der Waals surface area (Å²) in [6, 6.07) is 7.25. The van der Waals surface area contributed by atoms with Gasteiger partial charge in [-0.15, -0.1) is 0 Å². The van der Waals surface area contributed by atoms with E-state index in [0.717, 1.165) is 6.07 Å². The number of nitrogens with zero attached hydrogens (tertiary/aromatic N) is 1. The predicted octanol–water partition coefficient (Wildman–Crippen LogP) is 3.29. The van der Waals surface area contributed by atoms with E-state index >= 15 is 0 Å². The van der Waals surface area contributed by atoms with E-state index in [0.29, 0.717) is 18.0 Å². The summed E-state index contributed by atoms with van der Waals surface area (Å²) in [5, 5.41) is 6.68. The van der Waals surface area contributed by atoms with Crippen molar-refractivity contribution in [2.75, 3.05) is 0 Å². The predicted molar refractivity (Wildman–Crippen MR) is 63.2 cm³/mol. The van der Waals surface area contributed by atoms with Crippen LogP contribution in [0.5, 0.6) is 0 Å². The smallest absolute Gasteiger partial charge is 0.361 e. The maximum absolute atomic E-state index is 12.7. The Kier molecular flexibility index (Phi) is 3.90. The third-order valence-corrected chi connectivity index (χ3v) is 2.62. The van der Waals surface area contributed by atoms with Crippen molar-refractivity contribution in [1.82, 2.24) is 10.5 Å². The summed E-state index contributed by atoms with van der Waals surface area (Å²) in [5.74, 6) is 0.674. The summed E-state index contributed by atoms with van der Waals surface area (Å²) in [6.07, 6.45) is -4.33. The molecule has 0 aliphatic heterocycles. The SMILES string of the molecule is Cc1cc(CNCc2ccccc2C(F)(F)F)no1. The Morgan fingerprint density at radius 2 is 1.95 bits per heavy atom. The molecule has 1 aromatic carbocycles. The van der Waals surface area contributed by atoms with Crippen molar-refractivity contribution < 1.29 is 17.7 Å². The first-order valence-electron chi connectivity index (χ1n) is 5.75. The van der Waals surface area contributed by atoms with Crippen LogP contribution in [0.3, 0.4) is 0 Å². The Morgan fingerprint density at radius 3 is 2.58 bits per heavy atom. The van der Waals surface area contributed by atoms with Crippen molar-refractivity contribution in [3.63, 3.8) is 0 Å². The molecule has 1 aromatic heterocycles. The summed E-state index contributed by atoms with van der Waals surface area (Å²) in [7, 11) is 0. The molecule has 0 atom stereocenters. The molecule has 0 unspecified atom stereocenters. The minimum Gasteiger partial charge on any atom is -0.361 e. The van der Waals surface area contributed by atoms with Crippen LogP contribution in [0, 0.1) is 6.92 Å². The average Bonchev–Trinajstić information content (AvgIpc) is 2.74. The zero-order chi connectivity index (χ0) is 13.9. The van der Waals surface area contributed by atoms with Crippen LogP contribution in [0.4, 0.5) is 13.2 Å². The molecule has 3 nitrogen and oxygen atoms in total. The van der Waals surface area contributed by atoms with Crippen molar-refractivity contribution in [2.24, 2.45) is 0 Å². The Balaban J connectivity index is 2.00. The van der Waals surface area contributed by atoms with E-state index in [2.05, 4.69) is 10.5 Å². The van der Waals surface area contributed by atoms with Gasteiger partial charge in [0, 0.05) is 19.2 Å². The molecule has 102 valence electrons. The summed E-state index contributed by atoms with van der Waals surface area (Å²) < 4.78 is 43.1. The molecule has 6 heteroatoms. The molecular weight excluding hydrogens is 257 g/mol. The number of alkyl halides is 3. The van der Waals surface area contributed by atoms with Crippen LogP contribution < -0.4 is 5.32 Å². The van der Waals surface area contributed by atoms with E-state index in [9.17, 15) is 13.2 Å². The second-order valence-corrected chi connectivity index (χ2v) is 4.19. The van der Waals surface area contributed by atoms with E-state index in [4.69, 9.17) is 4.52 Å². The standard InChI is InChI=1S/C13H13F3N2O/c1-9-6-11(18-19-9)8-17-7-10-4-2-3-5-12(10)13(14,15)16/h2-6,17H,7-8H2,1H3. The fourth-order valence-electron chi connectivity index (χ4n) is 1.78. The van der Waals surface area contributed by atoms with Crippen LogP contribution in [-0.4, -0.2) is 5.16 Å². The van der Waals surface area contributed by atoms with Gasteiger partial charge in [-0.25, -0.2) is 0 Å². The molecule has 0 spiro atoms. The minimum atomic E-state index is -4.33. The monoisotopic (exact) mass is 270 g/mol. The van der Waals surface area contributed by atoms with Gasteiger partial charge in [0.25, 0.3) is 0 Å². The average molecular weight is 270 g/mol. The van der Waals surface area contributed by atoms with E-state index in [-0.39, 0.29) is 12.1 Å². The number of hydrogen-bond donors (Lipinski definition) is 1. The van der Waals surface area contributed by atoms with Crippen LogP contribution >= 0.6 is 0 Å². The summed E-state index contributed by atoms with van der Waals surface area (Å²) in [5.41, 5.74) is 0.274. The highest BCUT2D eigenvalue weighted by atomic mass is 19.4. The maximum atomic E-state index is 12.7. The van der Waals surface area contributed by atoms with Crippen molar-refractivity contribution >= 4 is 0 Å². The topological polar surface area (TPSA) is 38.1 Å². The quantitative estimate of drug-likeness (QED) is 0.926. The number of hydrogen-bond acceptors (Lipinski definition) is 3. The third-order valence-electron chi connectivity index (χ3n) is 2.62. The van der Waals surface area contributed by atoms with E-state index in [1.807, 2.05) is 0 Å². The molecule has 0 saturated carbocycles. The van der Waals surface area contributed by atoms with Gasteiger partial charge in [-0.1, -0.05) is 23.4 Å². The zero-order valence-electron chi connectivity index (χ0n) is 10.3. The first-order valence-corrected chi connectivity index (χ1v) is 5.75. The van der Waals surface area contributed by atoms with Crippen molar-refractivity contribution in [3.05, 3.63) is 52.9 Å². The lowest BCUT2D eigenvalue weighted by molar-refractivity contribution is -0.138. The highest BCUT2D eigenvalue weighted by Crippen LogP contribution is 2.31. The van der Waals surface area contributed by atoms with Gasteiger partial charge in [0.05, 0.1) is 11.3 Å². The van der Waals surface area contributed by atoms with Gasteiger partial charge >= 0.3 is 6.18 Å². The zero-order valence-corrected chi connectivity index (χ0v) is 10.3. The number of benzene rings is 1. The number of halogens is 3. The first kappa shape index (κ1) is 13.6. The highest BCUT2D eigenvalue weighted by molar-refractivity contribution is 5.29. The molecule has 0 radical (unpaired) electrons. The molecule has 0 aliphatic rings. The van der Waals surface area contributed by atoms with Crippen LogP contribution in [-0.2, 0) is 19.3 Å². The molecule has 19 heavy (non-hydrogen) atoms. The first-order chi connectivity index (χ1) is 8.97. The van der Waals surface area contributed by atoms with E-state index < -0.39 is 11.7 Å². The normalized spacial score (nSPS) is 11.8. The molecule has 1 N–H and O–H groups in total. The van der Waals surface area contributed by atoms with Gasteiger partial charge in [-0.3, -0.25) is 0 Å². The van der Waals surface area contributed by atoms with Crippen LogP contribution in [0.15, 0.2) is 34.9 Å². The van der Waals surface area contributed by atoms with E-state index in [1.165, 1.54) is 12.1 Å². The Bertz CT molecular complexity index is 549. The molecule has 0 aliphatic carbocycles. The van der Waals surface area contributed by atoms with Gasteiger partial charge in [0.1, 0.15) is 5.76 Å². The van der Waals surface area contributed by atoms with Gasteiger partial charge in [-0.2, -0.15) is 13.2 Å². The molecular formula is C13H13F3N2O.